The van der Waals surface area contributed by atoms with Crippen molar-refractivity contribution in [1.82, 2.24) is 9.97 Å². The Labute approximate surface area is 125 Å². The van der Waals surface area contributed by atoms with Gasteiger partial charge in [-0.15, -0.1) is 13.2 Å². The minimum Gasteiger partial charge on any atom is -0.504 e. The lowest BCUT2D eigenvalue weighted by Crippen LogP contribution is -2.17. The van der Waals surface area contributed by atoms with Crippen molar-refractivity contribution in [2.45, 2.75) is 33.1 Å². The number of alkyl halides is 3. The average Bonchev–Trinajstić information content (AvgIpc) is 2.39. The van der Waals surface area contributed by atoms with Gasteiger partial charge in [-0.1, -0.05) is 13.3 Å². The quantitative estimate of drug-likeness (QED) is 0.927. The van der Waals surface area contributed by atoms with Gasteiger partial charge in [-0.3, -0.25) is 0 Å². The number of ether oxygens (including phenoxy) is 1. The average molecular weight is 312 g/mol. The summed E-state index contributed by atoms with van der Waals surface area (Å²) in [6, 6.07) is 5.46. The molecule has 4 nitrogen and oxygen atoms in total. The van der Waals surface area contributed by atoms with Gasteiger partial charge in [-0.2, -0.15) is 0 Å². The maximum atomic E-state index is 12.3. The number of hydrogen-bond donors (Lipinski definition) is 1. The second kappa shape index (κ2) is 6.21. The molecule has 22 heavy (non-hydrogen) atoms. The predicted molar refractivity (Wildman–Crippen MR) is 74.5 cm³/mol. The van der Waals surface area contributed by atoms with E-state index >= 15 is 0 Å². The van der Waals surface area contributed by atoms with Gasteiger partial charge in [0.2, 0.25) is 0 Å². The molecule has 0 spiro atoms. The minimum atomic E-state index is -4.87. The molecule has 0 atom stereocenters. The van der Waals surface area contributed by atoms with Crippen molar-refractivity contribution in [2.24, 2.45) is 0 Å². The first-order chi connectivity index (χ1) is 10.3. The van der Waals surface area contributed by atoms with Gasteiger partial charge in [0.15, 0.2) is 11.5 Å². The van der Waals surface area contributed by atoms with Crippen LogP contribution in [0.1, 0.15) is 24.9 Å². The van der Waals surface area contributed by atoms with Gasteiger partial charge in [0.05, 0.1) is 5.69 Å². The number of nitrogens with zero attached hydrogens (tertiary/aromatic N) is 2. The molecule has 0 aliphatic rings. The van der Waals surface area contributed by atoms with Crippen molar-refractivity contribution >= 4 is 0 Å². The molecule has 118 valence electrons. The number of aromatic hydroxyl groups is 1. The van der Waals surface area contributed by atoms with Gasteiger partial charge in [0, 0.05) is 11.3 Å². The first kappa shape index (κ1) is 16.1. The van der Waals surface area contributed by atoms with Crippen LogP contribution in [0, 0.1) is 6.92 Å². The molecular formula is C15H15F3N2O2. The Bertz CT molecular complexity index is 672. The Morgan fingerprint density at radius 2 is 1.91 bits per heavy atom. The van der Waals surface area contributed by atoms with E-state index in [1.807, 2.05) is 6.92 Å². The van der Waals surface area contributed by atoms with Crippen LogP contribution in [0.25, 0.3) is 11.3 Å². The van der Waals surface area contributed by atoms with Crippen LogP contribution in [0.3, 0.4) is 0 Å². The summed E-state index contributed by atoms with van der Waals surface area (Å²) >= 11 is 0. The molecule has 0 unspecified atom stereocenters. The highest BCUT2D eigenvalue weighted by atomic mass is 19.4. The summed E-state index contributed by atoms with van der Waals surface area (Å²) in [5.74, 6) is -0.703. The Balaban J connectivity index is 2.42. The molecule has 2 aromatic rings. The van der Waals surface area contributed by atoms with E-state index in [-0.39, 0.29) is 0 Å². The zero-order valence-electron chi connectivity index (χ0n) is 12.1. The third-order valence-corrected chi connectivity index (χ3v) is 2.88. The fraction of sp³-hybridized carbons (Fsp3) is 0.333. The molecule has 0 radical (unpaired) electrons. The Morgan fingerprint density at radius 3 is 2.55 bits per heavy atom. The van der Waals surface area contributed by atoms with Crippen LogP contribution in [0.5, 0.6) is 11.5 Å². The zero-order chi connectivity index (χ0) is 16.3. The van der Waals surface area contributed by atoms with Crippen LogP contribution in [0.2, 0.25) is 0 Å². The van der Waals surface area contributed by atoms with Gasteiger partial charge in [0.25, 0.3) is 0 Å². The smallest absolute Gasteiger partial charge is 0.504 e. The Hall–Kier alpha value is -2.31. The van der Waals surface area contributed by atoms with Crippen LogP contribution in [0.4, 0.5) is 13.2 Å². The summed E-state index contributed by atoms with van der Waals surface area (Å²) in [6.45, 7) is 3.73. The third kappa shape index (κ3) is 4.09. The second-order valence-corrected chi connectivity index (χ2v) is 4.77. The van der Waals surface area contributed by atoms with Crippen molar-refractivity contribution in [1.29, 1.82) is 0 Å². The normalized spacial score (nSPS) is 11.5. The molecule has 2 rings (SSSR count). The molecule has 1 aromatic carbocycles. The number of phenols is 1. The summed E-state index contributed by atoms with van der Waals surface area (Å²) < 4.78 is 40.8. The summed E-state index contributed by atoms with van der Waals surface area (Å²) in [5.41, 5.74) is 1.72. The molecule has 1 aromatic heterocycles. The van der Waals surface area contributed by atoms with Gasteiger partial charge in [-0.25, -0.2) is 9.97 Å². The first-order valence-corrected chi connectivity index (χ1v) is 6.72. The van der Waals surface area contributed by atoms with Gasteiger partial charge in [0.1, 0.15) is 5.82 Å². The summed E-state index contributed by atoms with van der Waals surface area (Å²) in [7, 11) is 0. The minimum absolute atomic E-state index is 0.417. The number of benzene rings is 1. The van der Waals surface area contributed by atoms with Gasteiger partial charge in [-0.05, 0) is 37.6 Å². The number of aromatic nitrogens is 2. The number of aryl methyl sites for hydroxylation is 2. The molecule has 0 aliphatic carbocycles. The lowest BCUT2D eigenvalue weighted by atomic mass is 10.1. The molecule has 0 saturated heterocycles. The third-order valence-electron chi connectivity index (χ3n) is 2.88. The van der Waals surface area contributed by atoms with Crippen LogP contribution >= 0.6 is 0 Å². The van der Waals surface area contributed by atoms with E-state index in [1.165, 1.54) is 6.07 Å². The van der Waals surface area contributed by atoms with Crippen LogP contribution in [-0.2, 0) is 6.42 Å². The Morgan fingerprint density at radius 1 is 1.18 bits per heavy atom. The van der Waals surface area contributed by atoms with Crippen LogP contribution in [-0.4, -0.2) is 21.4 Å². The summed E-state index contributed by atoms with van der Waals surface area (Å²) in [5, 5.41) is 9.48. The molecule has 0 saturated carbocycles. The van der Waals surface area contributed by atoms with Crippen molar-refractivity contribution in [3.05, 3.63) is 35.8 Å². The fourth-order valence-corrected chi connectivity index (χ4v) is 2.04. The standard InChI is InChI=1S/C15H15F3N2O2/c1-3-4-11-8-12(20-9(2)19-11)10-5-6-13(21)14(7-10)22-15(16,17)18/h5-8,21H,3-4H2,1-2H3. The molecular weight excluding hydrogens is 297 g/mol. The van der Waals surface area contributed by atoms with Gasteiger partial charge < -0.3 is 9.84 Å². The molecule has 1 N–H and O–H groups in total. The number of rotatable bonds is 4. The topological polar surface area (TPSA) is 55.2 Å². The highest BCUT2D eigenvalue weighted by Gasteiger charge is 2.32. The van der Waals surface area contributed by atoms with E-state index in [2.05, 4.69) is 14.7 Å². The lowest BCUT2D eigenvalue weighted by Gasteiger charge is -2.12. The molecule has 0 fully saturated rings. The number of phenolic OH excluding ortho intramolecular Hbond substituents is 1. The number of hydrogen-bond acceptors (Lipinski definition) is 4. The van der Waals surface area contributed by atoms with Gasteiger partial charge >= 0.3 is 6.36 Å². The Kier molecular flexibility index (Phi) is 4.54. The van der Waals surface area contributed by atoms with Crippen molar-refractivity contribution in [3.8, 4) is 22.8 Å². The molecule has 1 heterocycles. The summed E-state index contributed by atoms with van der Waals surface area (Å²) in [6.07, 6.45) is -3.22. The van der Waals surface area contributed by atoms with Crippen LogP contribution < -0.4 is 4.74 Å². The molecule has 7 heteroatoms. The SMILES string of the molecule is CCCc1cc(-c2ccc(O)c(OC(F)(F)F)c2)nc(C)n1. The maximum absolute atomic E-state index is 12.3. The maximum Gasteiger partial charge on any atom is 0.573 e. The monoisotopic (exact) mass is 312 g/mol. The predicted octanol–water partition coefficient (Wildman–Crippen LogP) is 4.01. The van der Waals surface area contributed by atoms with E-state index in [0.29, 0.717) is 17.1 Å². The molecule has 0 aliphatic heterocycles. The summed E-state index contributed by atoms with van der Waals surface area (Å²) in [4.78, 5) is 8.50. The highest BCUT2D eigenvalue weighted by molar-refractivity contribution is 5.64. The lowest BCUT2D eigenvalue weighted by molar-refractivity contribution is -0.275. The molecule has 0 amide bonds. The zero-order valence-corrected chi connectivity index (χ0v) is 12.1. The van der Waals surface area contributed by atoms with Crippen LogP contribution in [0.15, 0.2) is 24.3 Å². The number of halogens is 3. The fourth-order valence-electron chi connectivity index (χ4n) is 2.04. The van der Waals surface area contributed by atoms with E-state index in [4.69, 9.17) is 0 Å². The second-order valence-electron chi connectivity index (χ2n) is 4.77. The highest BCUT2D eigenvalue weighted by Crippen LogP contribution is 2.34. The van der Waals surface area contributed by atoms with Crippen molar-refractivity contribution in [2.75, 3.05) is 0 Å². The largest absolute Gasteiger partial charge is 0.573 e. The van der Waals surface area contributed by atoms with E-state index in [0.717, 1.165) is 30.7 Å². The van der Waals surface area contributed by atoms with E-state index < -0.39 is 17.9 Å². The first-order valence-electron chi connectivity index (χ1n) is 6.72. The van der Waals surface area contributed by atoms with E-state index in [9.17, 15) is 18.3 Å². The molecule has 0 bridgehead atoms. The van der Waals surface area contributed by atoms with Crippen molar-refractivity contribution < 1.29 is 23.0 Å². The van der Waals surface area contributed by atoms with Crippen molar-refractivity contribution in [3.63, 3.8) is 0 Å². The van der Waals surface area contributed by atoms with E-state index in [1.54, 1.807) is 13.0 Å².